The summed E-state index contributed by atoms with van der Waals surface area (Å²) in [5.74, 6) is -1.67. The van der Waals surface area contributed by atoms with Crippen molar-refractivity contribution >= 4 is 22.8 Å². The van der Waals surface area contributed by atoms with Gasteiger partial charge in [0.1, 0.15) is 0 Å². The number of carbonyl (C=O) groups is 2. The van der Waals surface area contributed by atoms with Crippen LogP contribution < -0.4 is 0 Å². The number of allylic oxidation sites excluding steroid dienone is 1. The molecule has 0 radical (unpaired) electrons. The molecule has 2 aromatic rings. The smallest absolute Gasteiger partial charge is 0.309 e. The number of para-hydroxylation sites is 1. The molecule has 0 aliphatic carbocycles. The van der Waals surface area contributed by atoms with E-state index in [-0.39, 0.29) is 24.3 Å². The quantitative estimate of drug-likeness (QED) is 0.577. The molecule has 2 rings (SSSR count). The molecule has 0 amide bonds. The van der Waals surface area contributed by atoms with Crippen molar-refractivity contribution in [2.45, 2.75) is 18.8 Å². The predicted molar refractivity (Wildman–Crippen MR) is 91.4 cm³/mol. The first kappa shape index (κ1) is 17.7. The van der Waals surface area contributed by atoms with Gasteiger partial charge in [-0.25, -0.2) is 0 Å². The van der Waals surface area contributed by atoms with Gasteiger partial charge in [0, 0.05) is 17.5 Å². The van der Waals surface area contributed by atoms with Gasteiger partial charge in [-0.3, -0.25) is 14.6 Å². The minimum atomic E-state index is -0.519. The van der Waals surface area contributed by atoms with Crippen molar-refractivity contribution in [3.63, 3.8) is 0 Å². The van der Waals surface area contributed by atoms with Gasteiger partial charge in [-0.15, -0.1) is 6.58 Å². The van der Waals surface area contributed by atoms with Crippen molar-refractivity contribution in [1.82, 2.24) is 4.98 Å². The molecule has 1 aromatic carbocycles. The average molecular weight is 327 g/mol. The van der Waals surface area contributed by atoms with Crippen LogP contribution in [0, 0.1) is 5.92 Å². The van der Waals surface area contributed by atoms with E-state index in [0.717, 1.165) is 16.5 Å². The molecule has 5 heteroatoms. The highest BCUT2D eigenvalue weighted by atomic mass is 16.5. The Kier molecular flexibility index (Phi) is 6.07. The third kappa shape index (κ3) is 3.98. The highest BCUT2D eigenvalue weighted by molar-refractivity contribution is 5.80. The van der Waals surface area contributed by atoms with Gasteiger partial charge in [0.2, 0.25) is 0 Å². The van der Waals surface area contributed by atoms with E-state index in [1.165, 1.54) is 14.2 Å². The van der Waals surface area contributed by atoms with E-state index >= 15 is 0 Å². The van der Waals surface area contributed by atoms with Crippen molar-refractivity contribution in [2.75, 3.05) is 14.2 Å². The topological polar surface area (TPSA) is 65.5 Å². The maximum atomic E-state index is 12.2. The summed E-state index contributed by atoms with van der Waals surface area (Å²) in [6, 6.07) is 9.65. The summed E-state index contributed by atoms with van der Waals surface area (Å²) in [6.45, 7) is 3.70. The SMILES string of the molecule is C=CCC(C(=O)OC)C(CC(=O)OC)c1cnc2ccccc2c1. The fourth-order valence-electron chi connectivity index (χ4n) is 2.80. The first-order chi connectivity index (χ1) is 11.6. The second kappa shape index (κ2) is 8.24. The van der Waals surface area contributed by atoms with Gasteiger partial charge in [0.15, 0.2) is 0 Å². The highest BCUT2D eigenvalue weighted by Gasteiger charge is 2.32. The first-order valence-corrected chi connectivity index (χ1v) is 7.71. The molecule has 1 aromatic heterocycles. The number of carbonyl (C=O) groups excluding carboxylic acids is 2. The zero-order valence-corrected chi connectivity index (χ0v) is 13.9. The average Bonchev–Trinajstić information content (AvgIpc) is 2.63. The molecule has 0 saturated heterocycles. The summed E-state index contributed by atoms with van der Waals surface area (Å²) in [4.78, 5) is 28.5. The van der Waals surface area contributed by atoms with Gasteiger partial charge in [-0.2, -0.15) is 0 Å². The lowest BCUT2D eigenvalue weighted by Crippen LogP contribution is -2.26. The van der Waals surface area contributed by atoms with Gasteiger partial charge >= 0.3 is 11.9 Å². The second-order valence-electron chi connectivity index (χ2n) is 5.50. The summed E-state index contributed by atoms with van der Waals surface area (Å²) >= 11 is 0. The number of hydrogen-bond donors (Lipinski definition) is 0. The summed E-state index contributed by atoms with van der Waals surface area (Å²) in [5.41, 5.74) is 1.66. The normalized spacial score (nSPS) is 13.1. The van der Waals surface area contributed by atoms with Crippen molar-refractivity contribution < 1.29 is 19.1 Å². The van der Waals surface area contributed by atoms with Gasteiger partial charge < -0.3 is 9.47 Å². The Morgan fingerprint density at radius 2 is 2.00 bits per heavy atom. The van der Waals surface area contributed by atoms with Gasteiger partial charge in [-0.1, -0.05) is 24.3 Å². The number of aromatic nitrogens is 1. The minimum Gasteiger partial charge on any atom is -0.469 e. The highest BCUT2D eigenvalue weighted by Crippen LogP contribution is 2.33. The Labute approximate surface area is 141 Å². The van der Waals surface area contributed by atoms with Gasteiger partial charge in [0.05, 0.1) is 32.1 Å². The predicted octanol–water partition coefficient (Wildman–Crippen LogP) is 3.25. The Balaban J connectivity index is 2.47. The van der Waals surface area contributed by atoms with Crippen LogP contribution >= 0.6 is 0 Å². The monoisotopic (exact) mass is 327 g/mol. The van der Waals surface area contributed by atoms with Crippen molar-refractivity contribution in [2.24, 2.45) is 5.92 Å². The number of nitrogens with zero attached hydrogens (tertiary/aromatic N) is 1. The number of methoxy groups -OCH3 is 2. The number of pyridine rings is 1. The molecule has 2 unspecified atom stereocenters. The maximum absolute atomic E-state index is 12.2. The van der Waals surface area contributed by atoms with E-state index in [4.69, 9.17) is 9.47 Å². The molecule has 0 saturated carbocycles. The van der Waals surface area contributed by atoms with E-state index in [2.05, 4.69) is 11.6 Å². The van der Waals surface area contributed by atoms with Gasteiger partial charge in [0.25, 0.3) is 0 Å². The van der Waals surface area contributed by atoms with Crippen LogP contribution in [0.2, 0.25) is 0 Å². The van der Waals surface area contributed by atoms with Crippen LogP contribution in [0.15, 0.2) is 49.2 Å². The fourth-order valence-corrected chi connectivity index (χ4v) is 2.80. The van der Waals surface area contributed by atoms with E-state index in [1.54, 1.807) is 12.3 Å². The van der Waals surface area contributed by atoms with E-state index < -0.39 is 5.92 Å². The number of hydrogen-bond acceptors (Lipinski definition) is 5. The van der Waals surface area contributed by atoms with Crippen LogP contribution in [-0.2, 0) is 19.1 Å². The molecular formula is C19H21NO4. The zero-order chi connectivity index (χ0) is 17.5. The molecule has 0 aliphatic heterocycles. The standard InChI is InChI=1S/C19H21NO4/c1-4-7-15(19(22)24-3)16(11-18(21)23-2)14-10-13-8-5-6-9-17(13)20-12-14/h4-6,8-10,12,15-16H,1,7,11H2,2-3H3. The Morgan fingerprint density at radius 1 is 1.25 bits per heavy atom. The summed E-state index contributed by atoms with van der Waals surface area (Å²) < 4.78 is 9.70. The molecule has 0 N–H and O–H groups in total. The molecule has 0 spiro atoms. The lowest BCUT2D eigenvalue weighted by Gasteiger charge is -2.24. The van der Waals surface area contributed by atoms with Crippen LogP contribution in [0.1, 0.15) is 24.3 Å². The van der Waals surface area contributed by atoms with E-state index in [0.29, 0.717) is 6.42 Å². The molecule has 0 fully saturated rings. The number of ether oxygens (including phenoxy) is 2. The third-order valence-corrected chi connectivity index (χ3v) is 4.06. The largest absolute Gasteiger partial charge is 0.469 e. The molecule has 126 valence electrons. The van der Waals surface area contributed by atoms with Crippen molar-refractivity contribution in [3.05, 3.63) is 54.7 Å². The molecule has 5 nitrogen and oxygen atoms in total. The lowest BCUT2D eigenvalue weighted by atomic mass is 9.82. The summed E-state index contributed by atoms with van der Waals surface area (Å²) in [5, 5.41) is 0.951. The molecule has 0 aliphatic rings. The fraction of sp³-hybridized carbons (Fsp3) is 0.316. The zero-order valence-electron chi connectivity index (χ0n) is 13.9. The van der Waals surface area contributed by atoms with Crippen LogP contribution in [0.5, 0.6) is 0 Å². The second-order valence-corrected chi connectivity index (χ2v) is 5.50. The molecule has 1 heterocycles. The Morgan fingerprint density at radius 3 is 2.67 bits per heavy atom. The van der Waals surface area contributed by atoms with Crippen LogP contribution in [0.25, 0.3) is 10.9 Å². The maximum Gasteiger partial charge on any atom is 0.309 e. The van der Waals surface area contributed by atoms with Crippen molar-refractivity contribution in [1.29, 1.82) is 0 Å². The Bertz CT molecular complexity index is 741. The number of benzene rings is 1. The lowest BCUT2D eigenvalue weighted by molar-refractivity contribution is -0.147. The van der Waals surface area contributed by atoms with E-state index in [1.807, 2.05) is 30.3 Å². The number of fused-ring (bicyclic) bond motifs is 1. The minimum absolute atomic E-state index is 0.0735. The summed E-state index contributed by atoms with van der Waals surface area (Å²) in [6.07, 6.45) is 3.83. The number of rotatable bonds is 7. The first-order valence-electron chi connectivity index (χ1n) is 7.71. The molecule has 2 atom stereocenters. The number of esters is 2. The molecular weight excluding hydrogens is 306 g/mol. The van der Waals surface area contributed by atoms with Crippen LogP contribution in [0.3, 0.4) is 0 Å². The third-order valence-electron chi connectivity index (χ3n) is 4.06. The van der Waals surface area contributed by atoms with Crippen LogP contribution in [-0.4, -0.2) is 31.1 Å². The van der Waals surface area contributed by atoms with Gasteiger partial charge in [-0.05, 0) is 24.1 Å². The molecule has 0 bridgehead atoms. The van der Waals surface area contributed by atoms with E-state index in [9.17, 15) is 9.59 Å². The van der Waals surface area contributed by atoms with Crippen LogP contribution in [0.4, 0.5) is 0 Å². The Hall–Kier alpha value is -2.69. The van der Waals surface area contributed by atoms with Crippen molar-refractivity contribution in [3.8, 4) is 0 Å². The molecule has 24 heavy (non-hydrogen) atoms. The summed E-state index contributed by atoms with van der Waals surface area (Å²) in [7, 11) is 2.67.